The third-order valence-electron chi connectivity index (χ3n) is 3.88. The van der Waals surface area contributed by atoms with Gasteiger partial charge in [-0.05, 0) is 24.3 Å². The highest BCUT2D eigenvalue weighted by atomic mass is 35.5. The summed E-state index contributed by atoms with van der Waals surface area (Å²) in [6, 6.07) is 8.05. The number of phenols is 1. The topological polar surface area (TPSA) is 56.5 Å². The van der Waals surface area contributed by atoms with E-state index in [-0.39, 0.29) is 22.3 Å². The highest BCUT2D eigenvalue weighted by molar-refractivity contribution is 6.32. The van der Waals surface area contributed by atoms with Crippen molar-refractivity contribution in [2.24, 2.45) is 7.05 Å². The molecule has 25 heavy (non-hydrogen) atoms. The summed E-state index contributed by atoms with van der Waals surface area (Å²) < 4.78 is 26.2. The average molecular weight is 363 g/mol. The van der Waals surface area contributed by atoms with E-state index in [1.54, 1.807) is 41.2 Å². The lowest BCUT2D eigenvalue weighted by Crippen LogP contribution is -1.96. The van der Waals surface area contributed by atoms with E-state index in [1.165, 1.54) is 14.2 Å². The molecule has 1 N–H and O–H groups in total. The maximum absolute atomic E-state index is 14.2. The molecule has 0 aliphatic heterocycles. The molecule has 130 valence electrons. The second-order valence-corrected chi connectivity index (χ2v) is 5.82. The van der Waals surface area contributed by atoms with Crippen LogP contribution in [0.1, 0.15) is 0 Å². The summed E-state index contributed by atoms with van der Waals surface area (Å²) in [4.78, 5) is 4.41. The van der Waals surface area contributed by atoms with Crippen LogP contribution in [0.4, 0.5) is 4.39 Å². The Hall–Kier alpha value is -2.73. The highest BCUT2D eigenvalue weighted by Gasteiger charge is 2.19. The van der Waals surface area contributed by atoms with Crippen molar-refractivity contribution in [2.45, 2.75) is 0 Å². The summed E-state index contributed by atoms with van der Waals surface area (Å²) in [5, 5.41) is 10.2. The van der Waals surface area contributed by atoms with Crippen LogP contribution in [0.25, 0.3) is 22.5 Å². The number of aryl methyl sites for hydroxylation is 1. The van der Waals surface area contributed by atoms with Crippen molar-refractivity contribution in [3.05, 3.63) is 47.5 Å². The number of hydrogen-bond acceptors (Lipinski definition) is 4. The van der Waals surface area contributed by atoms with Gasteiger partial charge in [-0.15, -0.1) is 0 Å². The molecule has 0 aliphatic carbocycles. The molecule has 0 saturated heterocycles. The molecular weight excluding hydrogens is 347 g/mol. The maximum atomic E-state index is 14.2. The van der Waals surface area contributed by atoms with Crippen molar-refractivity contribution in [1.29, 1.82) is 0 Å². The largest absolute Gasteiger partial charge is 0.506 e. The lowest BCUT2D eigenvalue weighted by molar-refractivity contribution is 0.351. The smallest absolute Gasteiger partial charge is 0.206 e. The zero-order valence-electron chi connectivity index (χ0n) is 13.9. The predicted molar refractivity (Wildman–Crippen MR) is 93.8 cm³/mol. The molecule has 3 rings (SSSR count). The Kier molecular flexibility index (Phi) is 4.55. The zero-order valence-corrected chi connectivity index (χ0v) is 14.6. The molecule has 5 nitrogen and oxygen atoms in total. The van der Waals surface area contributed by atoms with Crippen LogP contribution in [0.5, 0.6) is 17.2 Å². The third-order valence-corrected chi connectivity index (χ3v) is 4.20. The van der Waals surface area contributed by atoms with Gasteiger partial charge in [0.05, 0.1) is 37.0 Å². The Labute approximate surface area is 149 Å². The fourth-order valence-corrected chi connectivity index (χ4v) is 2.77. The first-order chi connectivity index (χ1) is 12.0. The molecule has 0 atom stereocenters. The van der Waals surface area contributed by atoms with Crippen LogP contribution in [-0.4, -0.2) is 28.9 Å². The lowest BCUT2D eigenvalue weighted by Gasteiger charge is -2.12. The van der Waals surface area contributed by atoms with E-state index in [1.807, 2.05) is 7.05 Å². The minimum absolute atomic E-state index is 0.0272. The van der Waals surface area contributed by atoms with Crippen LogP contribution in [0, 0.1) is 5.82 Å². The number of nitrogens with zero attached hydrogens (tertiary/aromatic N) is 2. The number of phenolic OH excluding ortho intramolecular Hbond substituents is 1. The van der Waals surface area contributed by atoms with Gasteiger partial charge >= 0.3 is 0 Å². The van der Waals surface area contributed by atoms with Crippen LogP contribution in [0.2, 0.25) is 5.02 Å². The molecular formula is C18H16ClFN2O3. The molecule has 0 amide bonds. The fourth-order valence-electron chi connectivity index (χ4n) is 2.65. The monoisotopic (exact) mass is 362 g/mol. The number of ether oxygens (including phenoxy) is 2. The van der Waals surface area contributed by atoms with E-state index in [0.29, 0.717) is 11.3 Å². The number of aromatic nitrogens is 2. The highest BCUT2D eigenvalue weighted by Crippen LogP contribution is 2.38. The molecule has 0 aliphatic rings. The summed E-state index contributed by atoms with van der Waals surface area (Å²) in [6.45, 7) is 0. The van der Waals surface area contributed by atoms with Gasteiger partial charge in [-0.25, -0.2) is 4.98 Å². The standard InChI is InChI=1S/C18H16ClFN2O3/c1-22-9-21-17(18(22)10-4-5-12(19)13(23)6-10)11-7-14(24-2)16(20)15(8-11)25-3/h4-9,23H,1-3H3. The number of methoxy groups -OCH3 is 2. The number of benzene rings is 2. The van der Waals surface area contributed by atoms with Gasteiger partial charge in [0.15, 0.2) is 11.5 Å². The molecule has 0 radical (unpaired) electrons. The van der Waals surface area contributed by atoms with Crippen LogP contribution in [-0.2, 0) is 7.05 Å². The number of hydrogen-bond donors (Lipinski definition) is 1. The van der Waals surface area contributed by atoms with Crippen molar-refractivity contribution >= 4 is 11.6 Å². The van der Waals surface area contributed by atoms with Crippen molar-refractivity contribution in [3.63, 3.8) is 0 Å². The van der Waals surface area contributed by atoms with Crippen LogP contribution >= 0.6 is 11.6 Å². The number of aromatic hydroxyl groups is 1. The Morgan fingerprint density at radius 2 is 1.72 bits per heavy atom. The van der Waals surface area contributed by atoms with Crippen molar-refractivity contribution in [2.75, 3.05) is 14.2 Å². The summed E-state index contributed by atoms with van der Waals surface area (Å²) in [5.74, 6) is -0.481. The first-order valence-corrected chi connectivity index (χ1v) is 7.76. The quantitative estimate of drug-likeness (QED) is 0.753. The second-order valence-electron chi connectivity index (χ2n) is 5.41. The summed E-state index contributed by atoms with van der Waals surface area (Å²) in [5.41, 5.74) is 2.68. The molecule has 1 heterocycles. The van der Waals surface area contributed by atoms with E-state index in [2.05, 4.69) is 4.98 Å². The van der Waals surface area contributed by atoms with E-state index >= 15 is 0 Å². The van der Waals surface area contributed by atoms with E-state index in [0.717, 1.165) is 11.3 Å². The molecule has 2 aromatic carbocycles. The average Bonchev–Trinajstić information content (AvgIpc) is 2.99. The SMILES string of the molecule is COc1cc(-c2ncn(C)c2-c2ccc(Cl)c(O)c2)cc(OC)c1F. The molecule has 0 saturated carbocycles. The second kappa shape index (κ2) is 6.64. The normalized spacial score (nSPS) is 10.8. The number of halogens is 2. The molecule has 7 heteroatoms. The van der Waals surface area contributed by atoms with E-state index < -0.39 is 5.82 Å². The third kappa shape index (κ3) is 3.00. The Bertz CT molecular complexity index is 915. The Morgan fingerprint density at radius 1 is 1.08 bits per heavy atom. The molecule has 1 aromatic heterocycles. The summed E-state index contributed by atoms with van der Waals surface area (Å²) in [7, 11) is 4.60. The summed E-state index contributed by atoms with van der Waals surface area (Å²) in [6.07, 6.45) is 1.64. The van der Waals surface area contributed by atoms with Gasteiger partial charge in [0, 0.05) is 18.2 Å². The van der Waals surface area contributed by atoms with Crippen LogP contribution < -0.4 is 9.47 Å². The van der Waals surface area contributed by atoms with E-state index in [9.17, 15) is 9.50 Å². The zero-order chi connectivity index (χ0) is 18.1. The van der Waals surface area contributed by atoms with E-state index in [4.69, 9.17) is 21.1 Å². The fraction of sp³-hybridized carbons (Fsp3) is 0.167. The van der Waals surface area contributed by atoms with Crippen molar-refractivity contribution in [3.8, 4) is 39.8 Å². The molecule has 0 fully saturated rings. The van der Waals surface area contributed by atoms with Gasteiger partial charge in [-0.3, -0.25) is 0 Å². The van der Waals surface area contributed by atoms with Gasteiger partial charge in [0.1, 0.15) is 5.75 Å². The van der Waals surface area contributed by atoms with Gasteiger partial charge in [0.2, 0.25) is 5.82 Å². The first-order valence-electron chi connectivity index (χ1n) is 7.38. The Balaban J connectivity index is 2.21. The number of imidazole rings is 1. The van der Waals surface area contributed by atoms with Crippen LogP contribution in [0.15, 0.2) is 36.7 Å². The molecule has 0 unspecified atom stereocenters. The predicted octanol–water partition coefficient (Wildman–Crippen LogP) is 4.27. The first kappa shape index (κ1) is 17.1. The van der Waals surface area contributed by atoms with Gasteiger partial charge in [-0.2, -0.15) is 4.39 Å². The van der Waals surface area contributed by atoms with Crippen LogP contribution in [0.3, 0.4) is 0 Å². The minimum atomic E-state index is -0.574. The van der Waals surface area contributed by atoms with Gasteiger partial charge in [0.25, 0.3) is 0 Å². The lowest BCUT2D eigenvalue weighted by atomic mass is 10.0. The van der Waals surface area contributed by atoms with Crippen molar-refractivity contribution in [1.82, 2.24) is 9.55 Å². The maximum Gasteiger partial charge on any atom is 0.206 e. The van der Waals surface area contributed by atoms with Crippen molar-refractivity contribution < 1.29 is 19.0 Å². The molecule has 0 bridgehead atoms. The Morgan fingerprint density at radius 3 is 2.28 bits per heavy atom. The van der Waals surface area contributed by atoms with Gasteiger partial charge < -0.3 is 19.1 Å². The molecule has 3 aromatic rings. The minimum Gasteiger partial charge on any atom is -0.506 e. The van der Waals surface area contributed by atoms with Gasteiger partial charge in [-0.1, -0.05) is 17.7 Å². The summed E-state index contributed by atoms with van der Waals surface area (Å²) >= 11 is 5.89. The molecule has 0 spiro atoms. The number of rotatable bonds is 4.